The number of carbonyl (C=O) groups is 1. The van der Waals surface area contributed by atoms with Gasteiger partial charge in [0.15, 0.2) is 15.6 Å². The second kappa shape index (κ2) is 4.78. The fraction of sp³-hybridized carbons (Fsp3) is 0.417. The zero-order valence-electron chi connectivity index (χ0n) is 9.73. The summed E-state index contributed by atoms with van der Waals surface area (Å²) in [6.45, 7) is 3.62. The third kappa shape index (κ3) is 2.92. The van der Waals surface area contributed by atoms with E-state index in [1.54, 1.807) is 19.1 Å². The summed E-state index contributed by atoms with van der Waals surface area (Å²) in [5.74, 6) is -0.315. The van der Waals surface area contributed by atoms with Crippen LogP contribution in [0.15, 0.2) is 24.3 Å². The number of ketones is 1. The van der Waals surface area contributed by atoms with E-state index in [0.29, 0.717) is 12.0 Å². The van der Waals surface area contributed by atoms with Gasteiger partial charge < -0.3 is 0 Å². The van der Waals surface area contributed by atoms with E-state index in [2.05, 4.69) is 0 Å². The Kier molecular flexibility index (Phi) is 3.86. The van der Waals surface area contributed by atoms with Crippen LogP contribution in [0.5, 0.6) is 0 Å². The molecule has 0 aliphatic rings. The molecular formula is C12H16O3S. The number of hydrogen-bond acceptors (Lipinski definition) is 3. The molecule has 1 aromatic carbocycles. The van der Waals surface area contributed by atoms with Crippen molar-refractivity contribution < 1.29 is 13.2 Å². The Morgan fingerprint density at radius 2 is 1.75 bits per heavy atom. The molecule has 88 valence electrons. The van der Waals surface area contributed by atoms with Crippen LogP contribution in [0.3, 0.4) is 0 Å². The van der Waals surface area contributed by atoms with Crippen molar-refractivity contribution in [2.24, 2.45) is 0 Å². The van der Waals surface area contributed by atoms with Crippen LogP contribution in [0.4, 0.5) is 0 Å². The predicted molar refractivity (Wildman–Crippen MR) is 64.4 cm³/mol. The number of rotatable bonds is 4. The number of Topliss-reactive ketones (excluding diaryl/α,β-unsaturated/α-hetero) is 1. The van der Waals surface area contributed by atoms with Crippen LogP contribution in [-0.4, -0.2) is 25.7 Å². The van der Waals surface area contributed by atoms with Gasteiger partial charge in [0.1, 0.15) is 5.25 Å². The zero-order chi connectivity index (χ0) is 12.3. The summed E-state index contributed by atoms with van der Waals surface area (Å²) < 4.78 is 22.8. The van der Waals surface area contributed by atoms with E-state index in [1.807, 2.05) is 19.1 Å². The molecular weight excluding hydrogens is 224 g/mol. The fourth-order valence-corrected chi connectivity index (χ4v) is 2.72. The van der Waals surface area contributed by atoms with Crippen molar-refractivity contribution in [2.75, 3.05) is 6.26 Å². The third-order valence-electron chi connectivity index (χ3n) is 2.52. The molecule has 0 aromatic heterocycles. The molecule has 0 saturated heterocycles. The number of hydrogen-bond donors (Lipinski definition) is 0. The largest absolute Gasteiger partial charge is 0.293 e. The molecule has 1 rings (SSSR count). The van der Waals surface area contributed by atoms with Crippen LogP contribution in [-0.2, 0) is 9.84 Å². The molecule has 0 spiro atoms. The van der Waals surface area contributed by atoms with E-state index in [1.165, 1.54) is 0 Å². The molecule has 0 heterocycles. The molecule has 0 radical (unpaired) electrons. The smallest absolute Gasteiger partial charge is 0.180 e. The van der Waals surface area contributed by atoms with Crippen molar-refractivity contribution in [2.45, 2.75) is 25.5 Å². The van der Waals surface area contributed by atoms with Crippen molar-refractivity contribution in [1.82, 2.24) is 0 Å². The summed E-state index contributed by atoms with van der Waals surface area (Å²) in [5.41, 5.74) is 1.51. The van der Waals surface area contributed by atoms with Gasteiger partial charge in [0, 0.05) is 11.8 Å². The van der Waals surface area contributed by atoms with Gasteiger partial charge in [-0.05, 0) is 13.3 Å². The van der Waals surface area contributed by atoms with E-state index in [-0.39, 0.29) is 5.78 Å². The summed E-state index contributed by atoms with van der Waals surface area (Å²) in [4.78, 5) is 12.0. The molecule has 4 heteroatoms. The van der Waals surface area contributed by atoms with Gasteiger partial charge in [-0.1, -0.05) is 36.8 Å². The van der Waals surface area contributed by atoms with Gasteiger partial charge in [0.25, 0.3) is 0 Å². The van der Waals surface area contributed by atoms with Gasteiger partial charge >= 0.3 is 0 Å². The predicted octanol–water partition coefficient (Wildman–Crippen LogP) is 2.00. The first kappa shape index (κ1) is 12.9. The normalized spacial score (nSPS) is 13.4. The summed E-state index contributed by atoms with van der Waals surface area (Å²) in [7, 11) is -3.32. The minimum Gasteiger partial charge on any atom is -0.293 e. The first-order valence-corrected chi connectivity index (χ1v) is 7.11. The quantitative estimate of drug-likeness (QED) is 0.756. The number of sulfone groups is 1. The van der Waals surface area contributed by atoms with Gasteiger partial charge in [-0.3, -0.25) is 4.79 Å². The van der Waals surface area contributed by atoms with E-state index >= 15 is 0 Å². The SMILES string of the molecule is CC[C@@H](C(=O)c1ccc(C)cc1)S(C)(=O)=O. The Morgan fingerprint density at radius 1 is 1.25 bits per heavy atom. The van der Waals surface area contributed by atoms with Crippen LogP contribution in [0.25, 0.3) is 0 Å². The maximum Gasteiger partial charge on any atom is 0.180 e. The fourth-order valence-electron chi connectivity index (χ4n) is 1.59. The molecule has 1 aromatic rings. The molecule has 0 aliphatic heterocycles. The molecule has 0 bridgehead atoms. The van der Waals surface area contributed by atoms with E-state index in [9.17, 15) is 13.2 Å². The van der Waals surface area contributed by atoms with E-state index in [4.69, 9.17) is 0 Å². The average Bonchev–Trinajstić information content (AvgIpc) is 2.17. The summed E-state index contributed by atoms with van der Waals surface area (Å²) >= 11 is 0. The minimum absolute atomic E-state index is 0.311. The van der Waals surface area contributed by atoms with E-state index < -0.39 is 15.1 Å². The van der Waals surface area contributed by atoms with Crippen molar-refractivity contribution in [3.63, 3.8) is 0 Å². The second-order valence-corrected chi connectivity index (χ2v) is 6.18. The van der Waals surface area contributed by atoms with Crippen LogP contribution in [0.2, 0.25) is 0 Å². The maximum atomic E-state index is 12.0. The lowest BCUT2D eigenvalue weighted by Crippen LogP contribution is -2.28. The van der Waals surface area contributed by atoms with Gasteiger partial charge in [0.05, 0.1) is 0 Å². The first-order chi connectivity index (χ1) is 7.36. The lowest BCUT2D eigenvalue weighted by molar-refractivity contribution is 0.0985. The van der Waals surface area contributed by atoms with Gasteiger partial charge in [-0.25, -0.2) is 8.42 Å². The molecule has 16 heavy (non-hydrogen) atoms. The second-order valence-electron chi connectivity index (χ2n) is 3.96. The minimum atomic E-state index is -3.32. The average molecular weight is 240 g/mol. The van der Waals surface area contributed by atoms with Crippen LogP contribution in [0.1, 0.15) is 29.3 Å². The van der Waals surface area contributed by atoms with Crippen LogP contribution >= 0.6 is 0 Å². The third-order valence-corrected chi connectivity index (χ3v) is 4.10. The van der Waals surface area contributed by atoms with E-state index in [0.717, 1.165) is 11.8 Å². The van der Waals surface area contributed by atoms with Crippen LogP contribution < -0.4 is 0 Å². The zero-order valence-corrected chi connectivity index (χ0v) is 10.5. The molecule has 0 unspecified atom stereocenters. The Labute approximate surface area is 96.4 Å². The number of carbonyl (C=O) groups excluding carboxylic acids is 1. The summed E-state index contributed by atoms with van der Waals surface area (Å²) in [5, 5.41) is -0.921. The molecule has 0 fully saturated rings. The maximum absolute atomic E-state index is 12.0. The highest BCUT2D eigenvalue weighted by Crippen LogP contribution is 2.13. The Bertz CT molecular complexity index is 471. The molecule has 0 amide bonds. The highest BCUT2D eigenvalue weighted by Gasteiger charge is 2.27. The monoisotopic (exact) mass is 240 g/mol. The summed E-state index contributed by atoms with van der Waals surface area (Å²) in [6.07, 6.45) is 1.42. The highest BCUT2D eigenvalue weighted by atomic mass is 32.2. The van der Waals surface area contributed by atoms with Gasteiger partial charge in [-0.2, -0.15) is 0 Å². The van der Waals surface area contributed by atoms with Crippen molar-refractivity contribution in [1.29, 1.82) is 0 Å². The lowest BCUT2D eigenvalue weighted by atomic mass is 10.1. The highest BCUT2D eigenvalue weighted by molar-refractivity contribution is 7.92. The standard InChI is InChI=1S/C12H16O3S/c1-4-11(16(3,14)15)12(13)10-7-5-9(2)6-8-10/h5-8,11H,4H2,1-3H3/t11-/m0/s1. The molecule has 0 N–H and O–H groups in total. The van der Waals surface area contributed by atoms with Crippen molar-refractivity contribution >= 4 is 15.6 Å². The number of aryl methyl sites for hydroxylation is 1. The molecule has 0 saturated carbocycles. The Morgan fingerprint density at radius 3 is 2.12 bits per heavy atom. The first-order valence-electron chi connectivity index (χ1n) is 5.16. The van der Waals surface area contributed by atoms with Crippen LogP contribution in [0, 0.1) is 6.92 Å². The Balaban J connectivity index is 3.06. The molecule has 3 nitrogen and oxygen atoms in total. The summed E-state index contributed by atoms with van der Waals surface area (Å²) in [6, 6.07) is 6.96. The van der Waals surface area contributed by atoms with Crippen molar-refractivity contribution in [3.8, 4) is 0 Å². The lowest BCUT2D eigenvalue weighted by Gasteiger charge is -2.11. The molecule has 0 aliphatic carbocycles. The Hall–Kier alpha value is -1.16. The molecule has 1 atom stereocenters. The van der Waals surface area contributed by atoms with Gasteiger partial charge in [0.2, 0.25) is 0 Å². The van der Waals surface area contributed by atoms with Crippen molar-refractivity contribution in [3.05, 3.63) is 35.4 Å². The number of benzene rings is 1. The van der Waals surface area contributed by atoms with Gasteiger partial charge in [-0.15, -0.1) is 0 Å². The topological polar surface area (TPSA) is 51.2 Å².